The van der Waals surface area contributed by atoms with Crippen LogP contribution in [0.3, 0.4) is 0 Å². The molecule has 118 valence electrons. The summed E-state index contributed by atoms with van der Waals surface area (Å²) in [6.07, 6.45) is 0. The molecule has 1 saturated heterocycles. The van der Waals surface area contributed by atoms with E-state index in [4.69, 9.17) is 0 Å². The van der Waals surface area contributed by atoms with Gasteiger partial charge in [-0.05, 0) is 31.5 Å². The molecule has 1 aliphatic heterocycles. The lowest BCUT2D eigenvalue weighted by Crippen LogP contribution is -2.42. The highest BCUT2D eigenvalue weighted by Gasteiger charge is 2.36. The number of carbonyl (C=O) groups excluding carboxylic acids is 2. The van der Waals surface area contributed by atoms with Crippen molar-refractivity contribution in [2.75, 3.05) is 0 Å². The van der Waals surface area contributed by atoms with Crippen LogP contribution in [0, 0.1) is 13.8 Å². The van der Waals surface area contributed by atoms with E-state index in [9.17, 15) is 9.59 Å². The van der Waals surface area contributed by atoms with Gasteiger partial charge in [0.1, 0.15) is 6.04 Å². The van der Waals surface area contributed by atoms with E-state index < -0.39 is 6.04 Å². The van der Waals surface area contributed by atoms with Crippen molar-refractivity contribution in [3.05, 3.63) is 70.8 Å². The third-order valence-electron chi connectivity index (χ3n) is 3.97. The Kier molecular flexibility index (Phi) is 4.12. The standard InChI is InChI=1S/C18H19N3O2/c1-11-6-8-13(9-7-11)15-16(18(23)21-20-15)19-17(22)14-5-3-4-12(2)10-14/h3-10,15-16,20H,1-2H3,(H,19,22)(H,21,23)/t15-,16-/m0/s1. The summed E-state index contributed by atoms with van der Waals surface area (Å²) in [6, 6.07) is 14.2. The first-order valence-electron chi connectivity index (χ1n) is 7.54. The van der Waals surface area contributed by atoms with Crippen LogP contribution in [0.2, 0.25) is 0 Å². The predicted molar refractivity (Wildman–Crippen MR) is 87.6 cm³/mol. The molecular weight excluding hydrogens is 290 g/mol. The summed E-state index contributed by atoms with van der Waals surface area (Å²) in [5.74, 6) is -0.494. The predicted octanol–water partition coefficient (Wildman–Crippen LogP) is 1.78. The zero-order chi connectivity index (χ0) is 16.4. The minimum atomic E-state index is -0.647. The van der Waals surface area contributed by atoms with Crippen LogP contribution in [0.1, 0.15) is 33.1 Å². The highest BCUT2D eigenvalue weighted by molar-refractivity contribution is 5.98. The summed E-state index contributed by atoms with van der Waals surface area (Å²) in [4.78, 5) is 24.5. The van der Waals surface area contributed by atoms with Crippen molar-refractivity contribution in [3.8, 4) is 0 Å². The summed E-state index contributed by atoms with van der Waals surface area (Å²) in [5, 5.41) is 2.82. The van der Waals surface area contributed by atoms with E-state index in [0.717, 1.165) is 16.7 Å². The van der Waals surface area contributed by atoms with E-state index in [1.54, 1.807) is 12.1 Å². The van der Waals surface area contributed by atoms with Crippen LogP contribution in [0.15, 0.2) is 48.5 Å². The zero-order valence-corrected chi connectivity index (χ0v) is 13.1. The van der Waals surface area contributed by atoms with Gasteiger partial charge in [0.25, 0.3) is 11.8 Å². The van der Waals surface area contributed by atoms with Gasteiger partial charge in [0.15, 0.2) is 0 Å². The lowest BCUT2D eigenvalue weighted by molar-refractivity contribution is -0.121. The van der Waals surface area contributed by atoms with Crippen molar-refractivity contribution in [3.63, 3.8) is 0 Å². The lowest BCUT2D eigenvalue weighted by Gasteiger charge is -2.18. The monoisotopic (exact) mass is 309 g/mol. The largest absolute Gasteiger partial charge is 0.338 e. The third-order valence-corrected chi connectivity index (χ3v) is 3.97. The second-order valence-corrected chi connectivity index (χ2v) is 5.84. The maximum Gasteiger partial charge on any atom is 0.258 e. The first-order valence-corrected chi connectivity index (χ1v) is 7.54. The molecule has 0 radical (unpaired) electrons. The summed E-state index contributed by atoms with van der Waals surface area (Å²) < 4.78 is 0. The van der Waals surface area contributed by atoms with Crippen LogP contribution < -0.4 is 16.2 Å². The van der Waals surface area contributed by atoms with E-state index in [1.807, 2.05) is 50.2 Å². The lowest BCUT2D eigenvalue weighted by atomic mass is 9.99. The van der Waals surface area contributed by atoms with Gasteiger partial charge < -0.3 is 5.32 Å². The molecule has 5 heteroatoms. The smallest absolute Gasteiger partial charge is 0.258 e. The van der Waals surface area contributed by atoms with Crippen LogP contribution in [0.25, 0.3) is 0 Å². The van der Waals surface area contributed by atoms with Gasteiger partial charge in [0, 0.05) is 5.56 Å². The Bertz CT molecular complexity index is 740. The normalized spacial score (nSPS) is 20.2. The van der Waals surface area contributed by atoms with Gasteiger partial charge >= 0.3 is 0 Å². The average Bonchev–Trinajstić information content (AvgIpc) is 2.89. The molecule has 3 rings (SSSR count). The number of rotatable bonds is 3. The zero-order valence-electron chi connectivity index (χ0n) is 13.1. The molecule has 1 aliphatic rings. The maximum atomic E-state index is 12.4. The second-order valence-electron chi connectivity index (χ2n) is 5.84. The molecule has 1 fully saturated rings. The van der Waals surface area contributed by atoms with Gasteiger partial charge in [-0.2, -0.15) is 0 Å². The van der Waals surface area contributed by atoms with Crippen LogP contribution in [0.5, 0.6) is 0 Å². The number of nitrogens with one attached hydrogen (secondary N) is 3. The number of hydrazine groups is 1. The Morgan fingerprint density at radius 1 is 1.04 bits per heavy atom. The number of amides is 2. The number of benzene rings is 2. The Balaban J connectivity index is 1.80. The molecule has 2 atom stereocenters. The van der Waals surface area contributed by atoms with Gasteiger partial charge in [0.2, 0.25) is 0 Å². The molecule has 0 spiro atoms. The van der Waals surface area contributed by atoms with E-state index in [0.29, 0.717) is 5.56 Å². The number of carbonyl (C=O) groups is 2. The molecule has 23 heavy (non-hydrogen) atoms. The van der Waals surface area contributed by atoms with Crippen molar-refractivity contribution in [2.45, 2.75) is 25.9 Å². The fraction of sp³-hybridized carbons (Fsp3) is 0.222. The molecule has 0 bridgehead atoms. The first-order chi connectivity index (χ1) is 11.0. The molecule has 2 amide bonds. The quantitative estimate of drug-likeness (QED) is 0.809. The minimum Gasteiger partial charge on any atom is -0.338 e. The number of hydrogen-bond donors (Lipinski definition) is 3. The molecule has 0 aliphatic carbocycles. The van der Waals surface area contributed by atoms with E-state index in [-0.39, 0.29) is 17.9 Å². The average molecular weight is 309 g/mol. The SMILES string of the molecule is Cc1ccc([C@@H]2NNC(=O)[C@H]2NC(=O)c2cccc(C)c2)cc1. The Morgan fingerprint density at radius 3 is 2.48 bits per heavy atom. The highest BCUT2D eigenvalue weighted by Crippen LogP contribution is 2.21. The van der Waals surface area contributed by atoms with Crippen LogP contribution in [0.4, 0.5) is 0 Å². The van der Waals surface area contributed by atoms with Gasteiger partial charge in [-0.25, -0.2) is 5.43 Å². The fourth-order valence-electron chi connectivity index (χ4n) is 2.67. The summed E-state index contributed by atoms with van der Waals surface area (Å²) in [7, 11) is 0. The molecule has 1 heterocycles. The summed E-state index contributed by atoms with van der Waals surface area (Å²) in [5.41, 5.74) is 9.19. The highest BCUT2D eigenvalue weighted by atomic mass is 16.2. The van der Waals surface area contributed by atoms with Crippen molar-refractivity contribution < 1.29 is 9.59 Å². The van der Waals surface area contributed by atoms with Gasteiger partial charge in [-0.1, -0.05) is 47.5 Å². The van der Waals surface area contributed by atoms with Crippen molar-refractivity contribution in [1.29, 1.82) is 0 Å². The summed E-state index contributed by atoms with van der Waals surface area (Å²) >= 11 is 0. The third kappa shape index (κ3) is 3.24. The Labute approximate surface area is 135 Å². The van der Waals surface area contributed by atoms with Crippen molar-refractivity contribution in [2.24, 2.45) is 0 Å². The van der Waals surface area contributed by atoms with Crippen LogP contribution >= 0.6 is 0 Å². The second kappa shape index (κ2) is 6.22. The van der Waals surface area contributed by atoms with Crippen LogP contribution in [-0.4, -0.2) is 17.9 Å². The first kappa shape index (κ1) is 15.2. The van der Waals surface area contributed by atoms with Crippen LogP contribution in [-0.2, 0) is 4.79 Å². The molecule has 3 N–H and O–H groups in total. The van der Waals surface area contributed by atoms with Crippen molar-refractivity contribution in [1.82, 2.24) is 16.2 Å². The Morgan fingerprint density at radius 2 is 1.78 bits per heavy atom. The molecule has 5 nitrogen and oxygen atoms in total. The van der Waals surface area contributed by atoms with E-state index in [1.165, 1.54) is 0 Å². The molecule has 0 aromatic heterocycles. The van der Waals surface area contributed by atoms with E-state index in [2.05, 4.69) is 16.2 Å². The van der Waals surface area contributed by atoms with Gasteiger partial charge in [-0.3, -0.25) is 15.0 Å². The molecule has 2 aromatic carbocycles. The fourth-order valence-corrected chi connectivity index (χ4v) is 2.67. The molecule has 2 aromatic rings. The number of aryl methyl sites for hydroxylation is 2. The summed E-state index contributed by atoms with van der Waals surface area (Å²) in [6.45, 7) is 3.93. The topological polar surface area (TPSA) is 70.2 Å². The molecule has 0 saturated carbocycles. The molecule has 0 unspecified atom stereocenters. The Hall–Kier alpha value is -2.66. The molecular formula is C18H19N3O2. The number of hydrogen-bond acceptors (Lipinski definition) is 3. The van der Waals surface area contributed by atoms with E-state index >= 15 is 0 Å². The van der Waals surface area contributed by atoms with Crippen molar-refractivity contribution >= 4 is 11.8 Å². The maximum absolute atomic E-state index is 12.4. The minimum absolute atomic E-state index is 0.239. The van der Waals surface area contributed by atoms with Gasteiger partial charge in [-0.15, -0.1) is 0 Å². The van der Waals surface area contributed by atoms with Gasteiger partial charge in [0.05, 0.1) is 6.04 Å².